The molecule has 0 atom stereocenters. The summed E-state index contributed by atoms with van der Waals surface area (Å²) in [7, 11) is 0. The molecule has 24 valence electrons. The van der Waals surface area contributed by atoms with Crippen LogP contribution in [0.25, 0.3) is 0 Å². The van der Waals surface area contributed by atoms with E-state index < -0.39 is 0 Å². The molecule has 0 saturated heterocycles. The van der Waals surface area contributed by atoms with Gasteiger partial charge in [-0.15, -0.1) is 0 Å². The van der Waals surface area contributed by atoms with Gasteiger partial charge < -0.3 is 3.79 Å². The Hall–Kier alpha value is 0.492. The minimum atomic E-state index is 0. The summed E-state index contributed by atoms with van der Waals surface area (Å²) < 4.78 is 4.46. The van der Waals surface area contributed by atoms with Gasteiger partial charge >= 0.3 is 16.6 Å². The van der Waals surface area contributed by atoms with Crippen LogP contribution in [0.4, 0.5) is 0 Å². The van der Waals surface area contributed by atoms with Crippen LogP contribution >= 0.6 is 0 Å². The molecule has 0 heterocycles. The standard InChI is InChI=1S/C2H5O.Al.H2/c1-2-3;;/h2H2,1H3;;1H/q-1;+1;. The molecule has 0 aliphatic carbocycles. The Kier molecular flexibility index (Phi) is 3.92. The zero-order valence-electron chi connectivity index (χ0n) is 2.69. The first kappa shape index (κ1) is 4.49. The lowest BCUT2D eigenvalue weighted by Crippen LogP contribution is -1.76. The summed E-state index contributed by atoms with van der Waals surface area (Å²) in [6.07, 6.45) is 0. The van der Waals surface area contributed by atoms with Crippen molar-refractivity contribution >= 4 is 16.6 Å². The molecule has 2 heteroatoms. The van der Waals surface area contributed by atoms with E-state index in [0.717, 1.165) is 6.61 Å². The highest BCUT2D eigenvalue weighted by molar-refractivity contribution is 5.97. The molecule has 0 aromatic heterocycles. The summed E-state index contributed by atoms with van der Waals surface area (Å²) in [5, 5.41) is 0. The second-order valence-electron chi connectivity index (χ2n) is 0.455. The van der Waals surface area contributed by atoms with E-state index in [1.807, 2.05) is 6.92 Å². The smallest absolute Gasteiger partial charge is 0.369 e. The van der Waals surface area contributed by atoms with Crippen molar-refractivity contribution in [2.24, 2.45) is 0 Å². The van der Waals surface area contributed by atoms with Crippen molar-refractivity contribution in [1.29, 1.82) is 0 Å². The van der Waals surface area contributed by atoms with Crippen LogP contribution in [-0.2, 0) is 3.79 Å². The van der Waals surface area contributed by atoms with E-state index in [2.05, 4.69) is 20.4 Å². The second-order valence-corrected chi connectivity index (χ2v) is 0.789. The third kappa shape index (κ3) is 2.49. The van der Waals surface area contributed by atoms with Gasteiger partial charge in [0.25, 0.3) is 0 Å². The van der Waals surface area contributed by atoms with Crippen LogP contribution in [0.2, 0.25) is 0 Å². The number of rotatable bonds is 1. The highest BCUT2D eigenvalue weighted by Gasteiger charge is 1.52. The van der Waals surface area contributed by atoms with E-state index in [9.17, 15) is 0 Å². The lowest BCUT2D eigenvalue weighted by molar-refractivity contribution is 0.375. The average molecular weight is 74.1 g/mol. The van der Waals surface area contributed by atoms with Crippen molar-refractivity contribution in [3.8, 4) is 0 Å². The van der Waals surface area contributed by atoms with Gasteiger partial charge in [-0.1, -0.05) is 0 Å². The summed E-state index contributed by atoms with van der Waals surface area (Å²) in [5.41, 5.74) is 0. The Morgan fingerprint density at radius 2 is 2.50 bits per heavy atom. The van der Waals surface area contributed by atoms with E-state index in [4.69, 9.17) is 0 Å². The Morgan fingerprint density at radius 3 is 2.50 bits per heavy atom. The van der Waals surface area contributed by atoms with Gasteiger partial charge in [0, 0.05) is 8.03 Å². The SMILES string of the molecule is CC[O][Al].[HH]. The zero-order chi connectivity index (χ0) is 3.41. The first-order chi connectivity index (χ1) is 1.91. The Labute approximate surface area is 36.2 Å². The molecular weight excluding hydrogens is 67.0 g/mol. The molecule has 1 nitrogen and oxygen atoms in total. The van der Waals surface area contributed by atoms with Gasteiger partial charge in [-0.25, -0.2) is 0 Å². The fraction of sp³-hybridized carbons (Fsp3) is 1.00. The van der Waals surface area contributed by atoms with E-state index >= 15 is 0 Å². The van der Waals surface area contributed by atoms with Crippen LogP contribution in [0.3, 0.4) is 0 Å². The lowest BCUT2D eigenvalue weighted by Gasteiger charge is -1.79. The molecule has 0 saturated carbocycles. The molecular formula is C2H7AlO. The molecule has 0 aromatic carbocycles. The summed E-state index contributed by atoms with van der Waals surface area (Å²) in [4.78, 5) is 0. The molecule has 0 aromatic rings. The van der Waals surface area contributed by atoms with E-state index in [-0.39, 0.29) is 1.43 Å². The Morgan fingerprint density at radius 1 is 2.25 bits per heavy atom. The van der Waals surface area contributed by atoms with Gasteiger partial charge in [-0.05, 0) is 6.92 Å². The minimum Gasteiger partial charge on any atom is -0.516 e. The molecule has 0 fully saturated rings. The molecule has 0 amide bonds. The van der Waals surface area contributed by atoms with Crippen LogP contribution in [0, 0.1) is 0 Å². The zero-order valence-corrected chi connectivity index (χ0v) is 3.85. The van der Waals surface area contributed by atoms with Gasteiger partial charge in [-0.3, -0.25) is 0 Å². The van der Waals surface area contributed by atoms with Crippen LogP contribution in [0.1, 0.15) is 8.35 Å². The maximum Gasteiger partial charge on any atom is 0.369 e. The fourth-order valence-electron chi connectivity index (χ4n) is 0. The van der Waals surface area contributed by atoms with Crippen molar-refractivity contribution < 1.29 is 5.22 Å². The molecule has 0 spiro atoms. The Balaban J connectivity index is 0. The average Bonchev–Trinajstić information content (AvgIpc) is 1.37. The van der Waals surface area contributed by atoms with Gasteiger partial charge in [0.15, 0.2) is 0 Å². The summed E-state index contributed by atoms with van der Waals surface area (Å²) in [6, 6.07) is 0. The number of hydrogen-bond acceptors (Lipinski definition) is 1. The van der Waals surface area contributed by atoms with Crippen molar-refractivity contribution in [1.82, 2.24) is 0 Å². The van der Waals surface area contributed by atoms with Crippen LogP contribution in [-0.4, -0.2) is 23.2 Å². The highest BCUT2D eigenvalue weighted by Crippen LogP contribution is 1.50. The lowest BCUT2D eigenvalue weighted by atomic mass is 10.9. The predicted molar refractivity (Wildman–Crippen MR) is 19.5 cm³/mol. The molecule has 0 bridgehead atoms. The van der Waals surface area contributed by atoms with E-state index in [1.54, 1.807) is 0 Å². The normalized spacial score (nSPS) is 7.25. The molecule has 0 aliphatic heterocycles. The topological polar surface area (TPSA) is 9.23 Å². The van der Waals surface area contributed by atoms with Crippen molar-refractivity contribution in [2.45, 2.75) is 6.92 Å². The molecule has 0 unspecified atom stereocenters. The third-order valence-electron chi connectivity index (χ3n) is 0.167. The third-order valence-corrected chi connectivity index (χ3v) is 0.500. The quantitative estimate of drug-likeness (QED) is 0.408. The second kappa shape index (κ2) is 3.49. The number of hydrogen-bond donors (Lipinski definition) is 0. The molecule has 0 N–H and O–H groups in total. The van der Waals surface area contributed by atoms with Gasteiger partial charge in [0.1, 0.15) is 0 Å². The first-order valence-electron chi connectivity index (χ1n) is 1.23. The maximum atomic E-state index is 4.46. The molecule has 0 aliphatic rings. The highest BCUT2D eigenvalue weighted by atomic mass is 27.1. The predicted octanol–water partition coefficient (Wildman–Crippen LogP) is 0.352. The van der Waals surface area contributed by atoms with Crippen LogP contribution in [0.5, 0.6) is 0 Å². The molecule has 2 radical (unpaired) electrons. The summed E-state index contributed by atoms with van der Waals surface area (Å²) >= 11 is 2.16. The first-order valence-corrected chi connectivity index (χ1v) is 1.70. The summed E-state index contributed by atoms with van der Waals surface area (Å²) in [6.45, 7) is 2.72. The van der Waals surface area contributed by atoms with Crippen molar-refractivity contribution in [3.05, 3.63) is 0 Å². The van der Waals surface area contributed by atoms with Crippen LogP contribution in [0.15, 0.2) is 0 Å². The maximum absolute atomic E-state index is 4.46. The van der Waals surface area contributed by atoms with Crippen molar-refractivity contribution in [3.63, 3.8) is 0 Å². The van der Waals surface area contributed by atoms with Gasteiger partial charge in [-0.2, -0.15) is 0 Å². The minimum absolute atomic E-state index is 0. The van der Waals surface area contributed by atoms with Crippen molar-refractivity contribution in [2.75, 3.05) is 6.61 Å². The monoisotopic (exact) mass is 74.0 g/mol. The Bertz CT molecular complexity index is 11.6. The van der Waals surface area contributed by atoms with Gasteiger partial charge in [0.05, 0.1) is 0 Å². The largest absolute Gasteiger partial charge is 0.516 e. The fourth-order valence-corrected chi connectivity index (χ4v) is 0. The molecule has 0 rings (SSSR count). The van der Waals surface area contributed by atoms with E-state index in [0.29, 0.717) is 0 Å². The summed E-state index contributed by atoms with van der Waals surface area (Å²) in [5.74, 6) is 0. The van der Waals surface area contributed by atoms with Gasteiger partial charge in [0.2, 0.25) is 0 Å². The van der Waals surface area contributed by atoms with E-state index in [1.165, 1.54) is 0 Å². The van der Waals surface area contributed by atoms with Crippen LogP contribution < -0.4 is 0 Å². The molecule has 4 heavy (non-hydrogen) atoms.